The molecule has 0 bridgehead atoms. The van der Waals surface area contributed by atoms with Crippen LogP contribution in [-0.4, -0.2) is 38.8 Å². The lowest BCUT2D eigenvalue weighted by Crippen LogP contribution is -2.07. The minimum atomic E-state index is -0.0282. The maximum Gasteiger partial charge on any atom is 0.188 e. The molecule has 0 spiro atoms. The van der Waals surface area contributed by atoms with Gasteiger partial charge in [0.05, 0.1) is 6.61 Å². The first kappa shape index (κ1) is 11.1. The lowest BCUT2D eigenvalue weighted by atomic mass is 10.1. The third-order valence-electron chi connectivity index (χ3n) is 2.29. The van der Waals surface area contributed by atoms with Crippen LogP contribution in [0.5, 0.6) is 5.75 Å². The van der Waals surface area contributed by atoms with Crippen LogP contribution in [0.1, 0.15) is 10.4 Å². The van der Waals surface area contributed by atoms with Gasteiger partial charge < -0.3 is 14.2 Å². The van der Waals surface area contributed by atoms with Crippen molar-refractivity contribution < 1.29 is 19.0 Å². The second-order valence-electron chi connectivity index (χ2n) is 3.65. The molecule has 16 heavy (non-hydrogen) atoms. The summed E-state index contributed by atoms with van der Waals surface area (Å²) in [7, 11) is 1.50. The highest BCUT2D eigenvalue weighted by molar-refractivity contribution is 5.97. The Hall–Kier alpha value is -1.39. The molecule has 2 rings (SSSR count). The van der Waals surface area contributed by atoms with Crippen molar-refractivity contribution in [1.82, 2.24) is 0 Å². The van der Waals surface area contributed by atoms with E-state index in [0.717, 1.165) is 12.4 Å². The standard InChI is InChI=1S/C12H14O4/c1-14-8-12(13)9-2-4-10(5-3-9)15-6-11-7-16-11/h2-5,11H,6-8H2,1H3/t11-/m0/s1. The summed E-state index contributed by atoms with van der Waals surface area (Å²) in [6, 6.07) is 7.05. The lowest BCUT2D eigenvalue weighted by molar-refractivity contribution is 0.0848. The van der Waals surface area contributed by atoms with Crippen molar-refractivity contribution in [3.63, 3.8) is 0 Å². The van der Waals surface area contributed by atoms with Gasteiger partial charge in [-0.15, -0.1) is 0 Å². The molecule has 1 aromatic rings. The number of benzene rings is 1. The minimum absolute atomic E-state index is 0.0282. The van der Waals surface area contributed by atoms with Crippen molar-refractivity contribution >= 4 is 5.78 Å². The van der Waals surface area contributed by atoms with Gasteiger partial charge in [0.25, 0.3) is 0 Å². The van der Waals surface area contributed by atoms with E-state index in [9.17, 15) is 4.79 Å². The molecule has 1 fully saturated rings. The van der Waals surface area contributed by atoms with Crippen LogP contribution in [0.15, 0.2) is 24.3 Å². The van der Waals surface area contributed by atoms with Crippen molar-refractivity contribution in [3.05, 3.63) is 29.8 Å². The Bertz CT molecular complexity index is 354. The Morgan fingerprint density at radius 1 is 1.44 bits per heavy atom. The maximum absolute atomic E-state index is 11.4. The highest BCUT2D eigenvalue weighted by atomic mass is 16.6. The Labute approximate surface area is 94.1 Å². The minimum Gasteiger partial charge on any atom is -0.491 e. The second kappa shape index (κ2) is 5.09. The zero-order valence-electron chi connectivity index (χ0n) is 9.14. The van der Waals surface area contributed by atoms with Gasteiger partial charge in [-0.25, -0.2) is 0 Å². The molecule has 1 saturated heterocycles. The first-order valence-corrected chi connectivity index (χ1v) is 5.16. The lowest BCUT2D eigenvalue weighted by Gasteiger charge is -2.05. The zero-order valence-corrected chi connectivity index (χ0v) is 9.14. The van der Waals surface area contributed by atoms with E-state index in [1.54, 1.807) is 24.3 Å². The van der Waals surface area contributed by atoms with Gasteiger partial charge in [-0.3, -0.25) is 4.79 Å². The number of hydrogen-bond acceptors (Lipinski definition) is 4. The summed E-state index contributed by atoms with van der Waals surface area (Å²) in [5.41, 5.74) is 0.636. The molecule has 1 aliphatic rings. The van der Waals surface area contributed by atoms with E-state index >= 15 is 0 Å². The van der Waals surface area contributed by atoms with E-state index in [2.05, 4.69) is 0 Å². The van der Waals surface area contributed by atoms with Gasteiger partial charge in [-0.05, 0) is 24.3 Å². The topological polar surface area (TPSA) is 48.1 Å². The highest BCUT2D eigenvalue weighted by Crippen LogP contribution is 2.16. The monoisotopic (exact) mass is 222 g/mol. The van der Waals surface area contributed by atoms with Crippen LogP contribution in [0.2, 0.25) is 0 Å². The molecule has 0 radical (unpaired) electrons. The number of carbonyl (C=O) groups is 1. The van der Waals surface area contributed by atoms with Gasteiger partial charge in [0, 0.05) is 12.7 Å². The van der Waals surface area contributed by atoms with Crippen LogP contribution < -0.4 is 4.74 Å². The van der Waals surface area contributed by atoms with Crippen molar-refractivity contribution in [1.29, 1.82) is 0 Å². The average molecular weight is 222 g/mol. The first-order chi connectivity index (χ1) is 7.79. The quantitative estimate of drug-likeness (QED) is 0.537. The molecular weight excluding hydrogens is 208 g/mol. The van der Waals surface area contributed by atoms with Gasteiger partial charge in [-0.1, -0.05) is 0 Å². The number of ketones is 1. The SMILES string of the molecule is COCC(=O)c1ccc(OC[C@H]2CO2)cc1. The second-order valence-corrected chi connectivity index (χ2v) is 3.65. The summed E-state index contributed by atoms with van der Waals surface area (Å²) in [6.45, 7) is 1.46. The van der Waals surface area contributed by atoms with Crippen molar-refractivity contribution in [2.45, 2.75) is 6.10 Å². The largest absolute Gasteiger partial charge is 0.491 e. The number of epoxide rings is 1. The van der Waals surface area contributed by atoms with Gasteiger partial charge in [0.15, 0.2) is 5.78 Å². The van der Waals surface area contributed by atoms with Gasteiger partial charge >= 0.3 is 0 Å². The zero-order chi connectivity index (χ0) is 11.4. The van der Waals surface area contributed by atoms with Crippen molar-refractivity contribution in [3.8, 4) is 5.75 Å². The van der Waals surface area contributed by atoms with Crippen molar-refractivity contribution in [2.24, 2.45) is 0 Å². The fourth-order valence-electron chi connectivity index (χ4n) is 1.30. The normalized spacial score (nSPS) is 18.2. The molecule has 0 N–H and O–H groups in total. The molecule has 4 nitrogen and oxygen atoms in total. The molecule has 1 aliphatic heterocycles. The molecule has 86 valence electrons. The first-order valence-electron chi connectivity index (χ1n) is 5.16. The van der Waals surface area contributed by atoms with E-state index in [1.165, 1.54) is 7.11 Å². The van der Waals surface area contributed by atoms with E-state index in [-0.39, 0.29) is 18.5 Å². The smallest absolute Gasteiger partial charge is 0.188 e. The average Bonchev–Trinajstić information content (AvgIpc) is 3.11. The highest BCUT2D eigenvalue weighted by Gasteiger charge is 2.22. The molecule has 4 heteroatoms. The molecule has 0 saturated carbocycles. The van der Waals surface area contributed by atoms with Crippen LogP contribution in [0.4, 0.5) is 0 Å². The van der Waals surface area contributed by atoms with Crippen LogP contribution in [-0.2, 0) is 9.47 Å². The van der Waals surface area contributed by atoms with E-state index in [1.807, 2.05) is 0 Å². The predicted molar refractivity (Wildman–Crippen MR) is 57.9 cm³/mol. The number of ether oxygens (including phenoxy) is 3. The third-order valence-corrected chi connectivity index (χ3v) is 2.29. The molecule has 0 aromatic heterocycles. The Morgan fingerprint density at radius 3 is 2.69 bits per heavy atom. The van der Waals surface area contributed by atoms with Gasteiger partial charge in [-0.2, -0.15) is 0 Å². The maximum atomic E-state index is 11.4. The van der Waals surface area contributed by atoms with E-state index in [4.69, 9.17) is 14.2 Å². The number of carbonyl (C=O) groups excluding carboxylic acids is 1. The molecule has 1 heterocycles. The fourth-order valence-corrected chi connectivity index (χ4v) is 1.30. The number of hydrogen-bond donors (Lipinski definition) is 0. The Morgan fingerprint density at radius 2 is 2.12 bits per heavy atom. The van der Waals surface area contributed by atoms with Crippen LogP contribution in [0.3, 0.4) is 0 Å². The number of rotatable bonds is 6. The molecule has 0 amide bonds. The van der Waals surface area contributed by atoms with Crippen LogP contribution in [0.25, 0.3) is 0 Å². The van der Waals surface area contributed by atoms with Gasteiger partial charge in [0.1, 0.15) is 25.1 Å². The molecule has 1 atom stereocenters. The number of methoxy groups -OCH3 is 1. The molecular formula is C12H14O4. The summed E-state index contributed by atoms with van der Waals surface area (Å²) in [6.07, 6.45) is 0.245. The third kappa shape index (κ3) is 3.05. The van der Waals surface area contributed by atoms with E-state index < -0.39 is 0 Å². The van der Waals surface area contributed by atoms with Crippen molar-refractivity contribution in [2.75, 3.05) is 26.9 Å². The van der Waals surface area contributed by atoms with Gasteiger partial charge in [0.2, 0.25) is 0 Å². The summed E-state index contributed by atoms with van der Waals surface area (Å²) in [5.74, 6) is 0.726. The Kier molecular flexibility index (Phi) is 3.54. The van der Waals surface area contributed by atoms with E-state index in [0.29, 0.717) is 12.2 Å². The predicted octanol–water partition coefficient (Wildman–Crippen LogP) is 1.29. The summed E-state index contributed by atoms with van der Waals surface area (Å²) >= 11 is 0. The summed E-state index contributed by atoms with van der Waals surface area (Å²) in [5, 5.41) is 0. The summed E-state index contributed by atoms with van der Waals surface area (Å²) < 4.78 is 15.3. The summed E-state index contributed by atoms with van der Waals surface area (Å²) in [4.78, 5) is 11.4. The molecule has 0 aliphatic carbocycles. The van der Waals surface area contributed by atoms with Crippen LogP contribution in [0, 0.1) is 0 Å². The fraction of sp³-hybridized carbons (Fsp3) is 0.417. The number of Topliss-reactive ketones (excluding diaryl/α,β-unsaturated/α-hetero) is 1. The molecule has 1 aromatic carbocycles. The van der Waals surface area contributed by atoms with Crippen LogP contribution >= 0.6 is 0 Å². The molecule has 0 unspecified atom stereocenters. The Balaban J connectivity index is 1.89.